The third kappa shape index (κ3) is 2.44. The first-order chi connectivity index (χ1) is 7.51. The van der Waals surface area contributed by atoms with E-state index in [2.05, 4.69) is 9.72 Å². The van der Waals surface area contributed by atoms with E-state index in [-0.39, 0.29) is 9.26 Å². The lowest BCUT2D eigenvalue weighted by molar-refractivity contribution is 0.0581. The normalized spacial score (nSPS) is 10.0. The fourth-order valence-corrected chi connectivity index (χ4v) is 1.58. The number of aromatic nitrogens is 1. The molecule has 0 atom stereocenters. The van der Waals surface area contributed by atoms with Crippen LogP contribution < -0.4 is 0 Å². The molecule has 0 spiro atoms. The molecule has 16 heavy (non-hydrogen) atoms. The fourth-order valence-electron chi connectivity index (χ4n) is 1.01. The van der Waals surface area contributed by atoms with Crippen LogP contribution in [0.25, 0.3) is 0 Å². The molecule has 0 aromatic carbocycles. The molecule has 0 bridgehead atoms. The zero-order valence-corrected chi connectivity index (χ0v) is 10.2. The van der Waals surface area contributed by atoms with Crippen molar-refractivity contribution in [3.63, 3.8) is 0 Å². The smallest absolute Gasteiger partial charge is 0.357 e. The molecule has 1 rings (SSSR count). The van der Waals surface area contributed by atoms with Crippen molar-refractivity contribution in [2.45, 2.75) is 6.43 Å². The predicted octanol–water partition coefficient (Wildman–Crippen LogP) is 2.28. The molecule has 0 radical (unpaired) electrons. The van der Waals surface area contributed by atoms with Crippen LogP contribution in [0.3, 0.4) is 0 Å². The number of esters is 1. The maximum Gasteiger partial charge on any atom is 0.357 e. The van der Waals surface area contributed by atoms with Crippen molar-refractivity contribution in [3.8, 4) is 6.07 Å². The van der Waals surface area contributed by atoms with Gasteiger partial charge in [-0.1, -0.05) is 0 Å². The van der Waals surface area contributed by atoms with Crippen LogP contribution in [0.4, 0.5) is 8.78 Å². The summed E-state index contributed by atoms with van der Waals surface area (Å²) in [5.41, 5.74) is -1.13. The summed E-state index contributed by atoms with van der Waals surface area (Å²) in [7, 11) is 1.06. The fraction of sp³-hybridized carbons (Fsp3) is 0.222. The Kier molecular flexibility index (Phi) is 4.12. The summed E-state index contributed by atoms with van der Waals surface area (Å²) in [6.07, 6.45) is -2.84. The molecule has 0 saturated carbocycles. The SMILES string of the molecule is COC(=O)c1nc(C#N)c(I)cc1C(F)F. The standard InChI is InChI=1S/C9H5F2IN2O2/c1-16-9(15)7-4(8(10)11)2-5(12)6(3-13)14-7/h2,8H,1H3. The largest absolute Gasteiger partial charge is 0.464 e. The number of nitrogens with zero attached hydrogens (tertiary/aromatic N) is 2. The van der Waals surface area contributed by atoms with Gasteiger partial charge in [-0.15, -0.1) is 0 Å². The molecule has 0 saturated heterocycles. The second-order valence-electron chi connectivity index (χ2n) is 2.66. The van der Waals surface area contributed by atoms with Gasteiger partial charge >= 0.3 is 5.97 Å². The molecule has 0 aliphatic heterocycles. The van der Waals surface area contributed by atoms with E-state index in [4.69, 9.17) is 5.26 Å². The number of methoxy groups -OCH3 is 1. The molecule has 0 fully saturated rings. The van der Waals surface area contributed by atoms with Gasteiger partial charge in [0.25, 0.3) is 6.43 Å². The predicted molar refractivity (Wildman–Crippen MR) is 58.0 cm³/mol. The van der Waals surface area contributed by atoms with Crippen LogP contribution in [0, 0.1) is 14.9 Å². The van der Waals surface area contributed by atoms with Crippen LogP contribution >= 0.6 is 22.6 Å². The highest BCUT2D eigenvalue weighted by Crippen LogP contribution is 2.25. The number of ether oxygens (including phenoxy) is 1. The van der Waals surface area contributed by atoms with Gasteiger partial charge < -0.3 is 4.74 Å². The molecule has 7 heteroatoms. The quantitative estimate of drug-likeness (QED) is 0.613. The minimum atomic E-state index is -2.84. The number of nitriles is 1. The number of halogens is 3. The van der Waals surface area contributed by atoms with E-state index in [1.165, 1.54) is 0 Å². The molecule has 0 unspecified atom stereocenters. The summed E-state index contributed by atoms with van der Waals surface area (Å²) in [5.74, 6) is -0.983. The monoisotopic (exact) mass is 338 g/mol. The molecule has 0 amide bonds. The molecule has 1 aromatic heterocycles. The average molecular weight is 338 g/mol. The molecule has 4 nitrogen and oxygen atoms in total. The number of carbonyl (C=O) groups excluding carboxylic acids is 1. The zero-order chi connectivity index (χ0) is 12.3. The van der Waals surface area contributed by atoms with E-state index >= 15 is 0 Å². The van der Waals surface area contributed by atoms with Gasteiger partial charge in [-0.05, 0) is 28.7 Å². The van der Waals surface area contributed by atoms with Gasteiger partial charge in [0, 0.05) is 0 Å². The Hall–Kier alpha value is -1.30. The number of hydrogen-bond acceptors (Lipinski definition) is 4. The van der Waals surface area contributed by atoms with Crippen molar-refractivity contribution in [1.82, 2.24) is 4.98 Å². The second kappa shape index (κ2) is 5.16. The highest BCUT2D eigenvalue weighted by molar-refractivity contribution is 14.1. The maximum atomic E-state index is 12.6. The van der Waals surface area contributed by atoms with Crippen LogP contribution in [0.15, 0.2) is 6.07 Å². The van der Waals surface area contributed by atoms with Crippen molar-refractivity contribution in [1.29, 1.82) is 5.26 Å². The Labute approximate surface area is 103 Å². The van der Waals surface area contributed by atoms with Crippen molar-refractivity contribution in [3.05, 3.63) is 26.6 Å². The van der Waals surface area contributed by atoms with Crippen LogP contribution in [0.2, 0.25) is 0 Å². The number of pyridine rings is 1. The number of alkyl halides is 2. The third-order valence-electron chi connectivity index (χ3n) is 1.73. The summed E-state index contributed by atoms with van der Waals surface area (Å²) in [6.45, 7) is 0. The molecule has 0 aliphatic rings. The van der Waals surface area contributed by atoms with Crippen molar-refractivity contribution in [2.75, 3.05) is 7.11 Å². The van der Waals surface area contributed by atoms with Crippen LogP contribution in [-0.4, -0.2) is 18.1 Å². The lowest BCUT2D eigenvalue weighted by Crippen LogP contribution is -2.11. The molecular weight excluding hydrogens is 333 g/mol. The van der Waals surface area contributed by atoms with E-state index in [9.17, 15) is 13.6 Å². The minimum Gasteiger partial charge on any atom is -0.464 e. The summed E-state index contributed by atoms with van der Waals surface area (Å²) in [4.78, 5) is 14.7. The van der Waals surface area contributed by atoms with Crippen LogP contribution in [0.5, 0.6) is 0 Å². The van der Waals surface area contributed by atoms with E-state index in [0.29, 0.717) is 0 Å². The van der Waals surface area contributed by atoms with Gasteiger partial charge in [0.2, 0.25) is 0 Å². The van der Waals surface area contributed by atoms with E-state index < -0.39 is 23.7 Å². The zero-order valence-electron chi connectivity index (χ0n) is 8.00. The first-order valence-electron chi connectivity index (χ1n) is 3.98. The first kappa shape index (κ1) is 12.8. The van der Waals surface area contributed by atoms with E-state index in [0.717, 1.165) is 13.2 Å². The molecule has 84 valence electrons. The summed E-state index contributed by atoms with van der Waals surface area (Å²) >= 11 is 1.70. The molecule has 1 aromatic rings. The second-order valence-corrected chi connectivity index (χ2v) is 3.82. The Balaban J connectivity index is 3.44. The highest BCUT2D eigenvalue weighted by Gasteiger charge is 2.23. The van der Waals surface area contributed by atoms with Gasteiger partial charge in [0.05, 0.1) is 16.2 Å². The van der Waals surface area contributed by atoms with Crippen LogP contribution in [-0.2, 0) is 4.74 Å². The number of carbonyl (C=O) groups is 1. The summed E-state index contributed by atoms with van der Waals surface area (Å²) in [5, 5.41) is 8.67. The molecule has 1 heterocycles. The van der Waals surface area contributed by atoms with Gasteiger partial charge in [0.1, 0.15) is 6.07 Å². The third-order valence-corrected chi connectivity index (χ3v) is 2.55. The number of hydrogen-bond donors (Lipinski definition) is 0. The van der Waals surface area contributed by atoms with Crippen molar-refractivity contribution < 1.29 is 18.3 Å². The average Bonchev–Trinajstić information content (AvgIpc) is 2.27. The van der Waals surface area contributed by atoms with E-state index in [1.54, 1.807) is 28.7 Å². The molecule has 0 N–H and O–H groups in total. The van der Waals surface area contributed by atoms with E-state index in [1.807, 2.05) is 0 Å². The summed E-state index contributed by atoms with van der Waals surface area (Å²) in [6, 6.07) is 2.77. The first-order valence-corrected chi connectivity index (χ1v) is 5.06. The summed E-state index contributed by atoms with van der Waals surface area (Å²) < 4.78 is 29.8. The van der Waals surface area contributed by atoms with Crippen molar-refractivity contribution >= 4 is 28.6 Å². The maximum absolute atomic E-state index is 12.6. The van der Waals surface area contributed by atoms with Crippen LogP contribution in [0.1, 0.15) is 28.2 Å². The van der Waals surface area contributed by atoms with Gasteiger partial charge in [0.15, 0.2) is 11.4 Å². The topological polar surface area (TPSA) is 63.0 Å². The highest BCUT2D eigenvalue weighted by atomic mass is 127. The lowest BCUT2D eigenvalue weighted by Gasteiger charge is -2.07. The van der Waals surface area contributed by atoms with Crippen molar-refractivity contribution in [2.24, 2.45) is 0 Å². The van der Waals surface area contributed by atoms with Gasteiger partial charge in [-0.2, -0.15) is 5.26 Å². The molecule has 0 aliphatic carbocycles. The Morgan fingerprint density at radius 3 is 2.75 bits per heavy atom. The Morgan fingerprint density at radius 2 is 2.31 bits per heavy atom. The lowest BCUT2D eigenvalue weighted by atomic mass is 10.2. The molecular formula is C9H5F2IN2O2. The Bertz CT molecular complexity index is 471. The van der Waals surface area contributed by atoms with Gasteiger partial charge in [-0.25, -0.2) is 18.6 Å². The minimum absolute atomic E-state index is 0.0783. The number of rotatable bonds is 2. The Morgan fingerprint density at radius 1 is 1.69 bits per heavy atom. The van der Waals surface area contributed by atoms with Gasteiger partial charge in [-0.3, -0.25) is 0 Å².